The highest BCUT2D eigenvalue weighted by molar-refractivity contribution is 6.43. The van der Waals surface area contributed by atoms with Crippen LogP contribution in [0.2, 0.25) is 10.0 Å². The van der Waals surface area contributed by atoms with Crippen LogP contribution in [0.4, 0.5) is 17.1 Å². The number of anilines is 3. The van der Waals surface area contributed by atoms with Gasteiger partial charge in [0.1, 0.15) is 0 Å². The minimum absolute atomic E-state index is 0.253. The van der Waals surface area contributed by atoms with Crippen molar-refractivity contribution in [1.29, 1.82) is 0 Å². The standard InChI is InChI=1S/C13H11Cl2N3O/c14-8-4-2-5-9(11(8)15)18-10-6-1-3-7(12(10)16)13(17)19/h1-6,18H,16H2,(H2,17,19). The van der Waals surface area contributed by atoms with Gasteiger partial charge in [-0.3, -0.25) is 4.79 Å². The first-order chi connectivity index (χ1) is 9.00. The first-order valence-corrected chi connectivity index (χ1v) is 6.15. The minimum Gasteiger partial charge on any atom is -0.396 e. The van der Waals surface area contributed by atoms with E-state index < -0.39 is 5.91 Å². The Hall–Kier alpha value is -1.91. The predicted molar refractivity (Wildman–Crippen MR) is 79.1 cm³/mol. The highest BCUT2D eigenvalue weighted by Crippen LogP contribution is 2.33. The van der Waals surface area contributed by atoms with Crippen LogP contribution in [0.15, 0.2) is 36.4 Å². The lowest BCUT2D eigenvalue weighted by molar-refractivity contribution is 0.100. The first-order valence-electron chi connectivity index (χ1n) is 5.40. The van der Waals surface area contributed by atoms with Crippen molar-refractivity contribution in [2.75, 3.05) is 11.1 Å². The third-order valence-corrected chi connectivity index (χ3v) is 3.41. The molecule has 98 valence electrons. The number of nitrogens with two attached hydrogens (primary N) is 2. The van der Waals surface area contributed by atoms with Gasteiger partial charge in [-0.15, -0.1) is 0 Å². The second-order valence-electron chi connectivity index (χ2n) is 3.86. The summed E-state index contributed by atoms with van der Waals surface area (Å²) in [7, 11) is 0. The second-order valence-corrected chi connectivity index (χ2v) is 4.64. The van der Waals surface area contributed by atoms with E-state index in [-0.39, 0.29) is 11.3 Å². The van der Waals surface area contributed by atoms with Crippen molar-refractivity contribution in [3.05, 3.63) is 52.0 Å². The molecule has 0 bridgehead atoms. The zero-order valence-corrected chi connectivity index (χ0v) is 11.3. The quantitative estimate of drug-likeness (QED) is 0.759. The van der Waals surface area contributed by atoms with Gasteiger partial charge in [-0.1, -0.05) is 35.3 Å². The molecule has 2 rings (SSSR count). The summed E-state index contributed by atoms with van der Waals surface area (Å²) < 4.78 is 0. The van der Waals surface area contributed by atoms with E-state index in [0.29, 0.717) is 21.4 Å². The molecule has 0 saturated carbocycles. The van der Waals surface area contributed by atoms with Crippen LogP contribution in [0.5, 0.6) is 0 Å². The average Bonchev–Trinajstić information content (AvgIpc) is 2.37. The van der Waals surface area contributed by atoms with Gasteiger partial charge in [0.25, 0.3) is 5.91 Å². The predicted octanol–water partition coefficient (Wildman–Crippen LogP) is 3.42. The Balaban J connectivity index is 2.42. The molecule has 0 heterocycles. The SMILES string of the molecule is NC(=O)c1cccc(Nc2cccc(Cl)c2Cl)c1N. The van der Waals surface area contributed by atoms with E-state index >= 15 is 0 Å². The van der Waals surface area contributed by atoms with E-state index in [1.165, 1.54) is 0 Å². The smallest absolute Gasteiger partial charge is 0.250 e. The third-order valence-electron chi connectivity index (χ3n) is 2.59. The molecule has 0 atom stereocenters. The number of primary amides is 1. The molecule has 0 radical (unpaired) electrons. The molecule has 6 heteroatoms. The van der Waals surface area contributed by atoms with E-state index in [1.54, 1.807) is 36.4 Å². The zero-order valence-electron chi connectivity index (χ0n) is 9.78. The maximum absolute atomic E-state index is 11.2. The fraction of sp³-hybridized carbons (Fsp3) is 0. The van der Waals surface area contributed by atoms with Gasteiger partial charge >= 0.3 is 0 Å². The molecule has 0 spiro atoms. The Morgan fingerprint density at radius 3 is 2.37 bits per heavy atom. The summed E-state index contributed by atoms with van der Waals surface area (Å²) in [5, 5.41) is 3.84. The number of carbonyl (C=O) groups excluding carboxylic acids is 1. The number of carbonyl (C=O) groups is 1. The molecule has 2 aromatic carbocycles. The number of nitrogens with one attached hydrogen (secondary N) is 1. The lowest BCUT2D eigenvalue weighted by atomic mass is 10.1. The Labute approximate surface area is 120 Å². The van der Waals surface area contributed by atoms with Gasteiger partial charge in [0.05, 0.1) is 32.7 Å². The number of benzene rings is 2. The molecule has 0 aliphatic heterocycles. The largest absolute Gasteiger partial charge is 0.396 e. The van der Waals surface area contributed by atoms with Gasteiger partial charge in [0.15, 0.2) is 0 Å². The fourth-order valence-electron chi connectivity index (χ4n) is 1.63. The van der Waals surface area contributed by atoms with Gasteiger partial charge in [-0.25, -0.2) is 0 Å². The molecule has 0 aliphatic rings. The van der Waals surface area contributed by atoms with Crippen molar-refractivity contribution in [1.82, 2.24) is 0 Å². The Morgan fingerprint density at radius 1 is 1.05 bits per heavy atom. The lowest BCUT2D eigenvalue weighted by Crippen LogP contribution is -2.14. The Morgan fingerprint density at radius 2 is 1.68 bits per heavy atom. The Kier molecular flexibility index (Phi) is 3.83. The monoisotopic (exact) mass is 295 g/mol. The van der Waals surface area contributed by atoms with Gasteiger partial charge in [0.2, 0.25) is 0 Å². The van der Waals surface area contributed by atoms with Crippen LogP contribution in [0.25, 0.3) is 0 Å². The third kappa shape index (κ3) is 2.75. The summed E-state index contributed by atoms with van der Waals surface area (Å²) in [5.41, 5.74) is 12.8. The summed E-state index contributed by atoms with van der Waals surface area (Å²) in [6, 6.07) is 10.1. The summed E-state index contributed by atoms with van der Waals surface area (Å²) in [4.78, 5) is 11.2. The number of nitrogen functional groups attached to an aromatic ring is 1. The van der Waals surface area contributed by atoms with Crippen molar-refractivity contribution in [3.63, 3.8) is 0 Å². The molecule has 1 amide bonds. The number of hydrogen-bond donors (Lipinski definition) is 3. The number of para-hydroxylation sites is 1. The van der Waals surface area contributed by atoms with Crippen molar-refractivity contribution in [3.8, 4) is 0 Å². The van der Waals surface area contributed by atoms with E-state index in [9.17, 15) is 4.79 Å². The Bertz CT molecular complexity index is 644. The normalized spacial score (nSPS) is 10.2. The van der Waals surface area contributed by atoms with E-state index in [4.69, 9.17) is 34.7 Å². The number of hydrogen-bond acceptors (Lipinski definition) is 3. The van der Waals surface area contributed by atoms with Gasteiger partial charge in [-0.05, 0) is 24.3 Å². The highest BCUT2D eigenvalue weighted by Gasteiger charge is 2.11. The molecule has 4 nitrogen and oxygen atoms in total. The van der Waals surface area contributed by atoms with Crippen LogP contribution in [0, 0.1) is 0 Å². The van der Waals surface area contributed by atoms with Crippen molar-refractivity contribution < 1.29 is 4.79 Å². The van der Waals surface area contributed by atoms with Crippen LogP contribution in [0.1, 0.15) is 10.4 Å². The maximum atomic E-state index is 11.2. The van der Waals surface area contributed by atoms with Crippen molar-refractivity contribution in [2.24, 2.45) is 5.73 Å². The van der Waals surface area contributed by atoms with E-state index in [1.807, 2.05) is 0 Å². The summed E-state index contributed by atoms with van der Waals surface area (Å²) in [6.07, 6.45) is 0. The van der Waals surface area contributed by atoms with Crippen LogP contribution in [0.3, 0.4) is 0 Å². The number of halogens is 2. The fourth-order valence-corrected chi connectivity index (χ4v) is 1.98. The zero-order chi connectivity index (χ0) is 14.0. The van der Waals surface area contributed by atoms with Crippen LogP contribution in [-0.4, -0.2) is 5.91 Å². The summed E-state index contributed by atoms with van der Waals surface area (Å²) >= 11 is 12.0. The molecule has 0 aromatic heterocycles. The van der Waals surface area contributed by atoms with Crippen molar-refractivity contribution >= 4 is 46.2 Å². The number of rotatable bonds is 3. The summed E-state index contributed by atoms with van der Waals surface area (Å²) in [6.45, 7) is 0. The van der Waals surface area contributed by atoms with Gasteiger partial charge in [0, 0.05) is 0 Å². The molecule has 19 heavy (non-hydrogen) atoms. The average molecular weight is 296 g/mol. The topological polar surface area (TPSA) is 81.1 Å². The molecule has 5 N–H and O–H groups in total. The highest BCUT2D eigenvalue weighted by atomic mass is 35.5. The minimum atomic E-state index is -0.585. The van der Waals surface area contributed by atoms with Crippen LogP contribution < -0.4 is 16.8 Å². The lowest BCUT2D eigenvalue weighted by Gasteiger charge is -2.13. The molecule has 0 aliphatic carbocycles. The maximum Gasteiger partial charge on any atom is 0.250 e. The van der Waals surface area contributed by atoms with Crippen LogP contribution in [-0.2, 0) is 0 Å². The van der Waals surface area contributed by atoms with Crippen LogP contribution >= 0.6 is 23.2 Å². The molecule has 2 aromatic rings. The molecular formula is C13H11Cl2N3O. The van der Waals surface area contributed by atoms with Gasteiger partial charge < -0.3 is 16.8 Å². The first kappa shape index (κ1) is 13.5. The molecule has 0 fully saturated rings. The molecular weight excluding hydrogens is 285 g/mol. The van der Waals surface area contributed by atoms with Crippen molar-refractivity contribution in [2.45, 2.75) is 0 Å². The summed E-state index contributed by atoms with van der Waals surface area (Å²) in [5.74, 6) is -0.585. The number of amides is 1. The second kappa shape index (κ2) is 5.38. The molecule has 0 unspecified atom stereocenters. The van der Waals surface area contributed by atoms with Gasteiger partial charge in [-0.2, -0.15) is 0 Å². The van der Waals surface area contributed by atoms with E-state index in [0.717, 1.165) is 0 Å². The molecule has 0 saturated heterocycles. The van der Waals surface area contributed by atoms with E-state index in [2.05, 4.69) is 5.32 Å².